The average molecular weight is 290 g/mol. The minimum atomic E-state index is -2.52. The number of nitrogens with zero attached hydrogens (tertiary/aromatic N) is 1. The highest BCUT2D eigenvalue weighted by Crippen LogP contribution is 2.34. The van der Waals surface area contributed by atoms with Gasteiger partial charge in [-0.05, 0) is 19.1 Å². The Morgan fingerprint density at radius 2 is 2.20 bits per heavy atom. The summed E-state index contributed by atoms with van der Waals surface area (Å²) in [5.74, 6) is 0.163. The summed E-state index contributed by atoms with van der Waals surface area (Å²) in [5, 5.41) is 13.8. The van der Waals surface area contributed by atoms with Crippen molar-refractivity contribution in [3.8, 4) is 5.75 Å². The van der Waals surface area contributed by atoms with Gasteiger partial charge in [0.15, 0.2) is 5.75 Å². The molecule has 0 spiro atoms. The molecule has 20 heavy (non-hydrogen) atoms. The minimum Gasteiger partial charge on any atom is -0.487 e. The van der Waals surface area contributed by atoms with Crippen molar-refractivity contribution in [1.82, 2.24) is 0 Å². The maximum absolute atomic E-state index is 11.8. The number of anilines is 1. The number of ether oxygens (including phenoxy) is 2. The molecule has 8 heteroatoms. The maximum atomic E-state index is 11.8. The topological polar surface area (TPSA) is 73.6 Å². The van der Waals surface area contributed by atoms with Crippen LogP contribution in [0.5, 0.6) is 5.75 Å². The number of alkyl halides is 2. The van der Waals surface area contributed by atoms with Gasteiger partial charge in [0.25, 0.3) is 6.43 Å². The first-order valence-corrected chi connectivity index (χ1v) is 6.06. The van der Waals surface area contributed by atoms with Gasteiger partial charge in [-0.1, -0.05) is 6.07 Å². The van der Waals surface area contributed by atoms with E-state index < -0.39 is 18.0 Å². The lowest BCUT2D eigenvalue weighted by molar-refractivity contribution is -0.384. The molecule has 0 fully saturated rings. The number of benzene rings is 1. The fraction of sp³-hybridized carbons (Fsp3) is 0.500. The van der Waals surface area contributed by atoms with Crippen LogP contribution in [0.3, 0.4) is 0 Å². The molecule has 0 heterocycles. The highest BCUT2D eigenvalue weighted by Gasteiger charge is 2.20. The largest absolute Gasteiger partial charge is 0.487 e. The summed E-state index contributed by atoms with van der Waals surface area (Å²) < 4.78 is 33.5. The van der Waals surface area contributed by atoms with Gasteiger partial charge >= 0.3 is 5.69 Å². The van der Waals surface area contributed by atoms with Gasteiger partial charge in [0.1, 0.15) is 12.3 Å². The lowest BCUT2D eigenvalue weighted by atomic mass is 10.2. The highest BCUT2D eigenvalue weighted by atomic mass is 19.3. The molecule has 1 rings (SSSR count). The SMILES string of the molecule is CCOc1cccc(NCCOCC(F)F)c1[N+](=O)[O-]. The highest BCUT2D eigenvalue weighted by molar-refractivity contribution is 5.68. The van der Waals surface area contributed by atoms with Crippen molar-refractivity contribution in [2.24, 2.45) is 0 Å². The molecule has 1 aromatic carbocycles. The molecule has 1 aromatic rings. The lowest BCUT2D eigenvalue weighted by Gasteiger charge is -2.10. The summed E-state index contributed by atoms with van der Waals surface area (Å²) in [7, 11) is 0. The molecule has 0 atom stereocenters. The summed E-state index contributed by atoms with van der Waals surface area (Å²) in [4.78, 5) is 10.5. The van der Waals surface area contributed by atoms with Crippen LogP contribution in [0.2, 0.25) is 0 Å². The van der Waals surface area contributed by atoms with Gasteiger partial charge in [0, 0.05) is 6.54 Å². The quantitative estimate of drug-likeness (QED) is 0.430. The van der Waals surface area contributed by atoms with Gasteiger partial charge in [-0.2, -0.15) is 0 Å². The number of para-hydroxylation sites is 1. The smallest absolute Gasteiger partial charge is 0.333 e. The van der Waals surface area contributed by atoms with E-state index in [1.165, 1.54) is 12.1 Å². The molecular formula is C12H16F2N2O4. The zero-order valence-electron chi connectivity index (χ0n) is 11.0. The molecule has 6 nitrogen and oxygen atoms in total. The lowest BCUT2D eigenvalue weighted by Crippen LogP contribution is -2.14. The Labute approximate surface area is 114 Å². The number of nitro benzene ring substituents is 1. The van der Waals surface area contributed by atoms with Crippen molar-refractivity contribution in [1.29, 1.82) is 0 Å². The predicted octanol–water partition coefficient (Wildman–Crippen LogP) is 2.69. The zero-order valence-corrected chi connectivity index (χ0v) is 11.0. The van der Waals surface area contributed by atoms with E-state index in [2.05, 4.69) is 10.1 Å². The van der Waals surface area contributed by atoms with Gasteiger partial charge < -0.3 is 14.8 Å². The monoisotopic (exact) mass is 290 g/mol. The molecule has 112 valence electrons. The second kappa shape index (κ2) is 8.26. The first-order valence-electron chi connectivity index (χ1n) is 6.06. The summed E-state index contributed by atoms with van der Waals surface area (Å²) in [5.41, 5.74) is 0.0878. The molecule has 0 aliphatic rings. The molecule has 0 aromatic heterocycles. The molecule has 0 unspecified atom stereocenters. The van der Waals surface area contributed by atoms with Crippen LogP contribution in [0.1, 0.15) is 6.92 Å². The molecular weight excluding hydrogens is 274 g/mol. The number of rotatable bonds is 9. The van der Waals surface area contributed by atoms with E-state index in [0.717, 1.165) is 0 Å². The van der Waals surface area contributed by atoms with Crippen LogP contribution in [0.15, 0.2) is 18.2 Å². The van der Waals surface area contributed by atoms with Crippen LogP contribution < -0.4 is 10.1 Å². The third-order valence-corrected chi connectivity index (χ3v) is 2.29. The number of hydrogen-bond acceptors (Lipinski definition) is 5. The number of nitro groups is 1. The van der Waals surface area contributed by atoms with Gasteiger partial charge in [-0.15, -0.1) is 0 Å². The van der Waals surface area contributed by atoms with Gasteiger partial charge in [0.2, 0.25) is 0 Å². The average Bonchev–Trinajstić information content (AvgIpc) is 2.38. The number of hydrogen-bond donors (Lipinski definition) is 1. The van der Waals surface area contributed by atoms with Crippen molar-refractivity contribution in [3.63, 3.8) is 0 Å². The Hall–Kier alpha value is -1.96. The van der Waals surface area contributed by atoms with Crippen LogP contribution in [-0.4, -0.2) is 37.7 Å². The molecule has 1 N–H and O–H groups in total. The fourth-order valence-corrected chi connectivity index (χ4v) is 1.56. The molecule has 0 bridgehead atoms. The van der Waals surface area contributed by atoms with Gasteiger partial charge in [0.05, 0.1) is 18.1 Å². The third-order valence-electron chi connectivity index (χ3n) is 2.29. The molecule has 0 aliphatic heterocycles. The van der Waals surface area contributed by atoms with Crippen LogP contribution in [0.4, 0.5) is 20.2 Å². The second-order valence-electron chi connectivity index (χ2n) is 3.74. The van der Waals surface area contributed by atoms with E-state index in [1.54, 1.807) is 13.0 Å². The summed E-state index contributed by atoms with van der Waals surface area (Å²) in [6.07, 6.45) is -2.52. The van der Waals surface area contributed by atoms with E-state index in [1.807, 2.05) is 0 Å². The van der Waals surface area contributed by atoms with E-state index >= 15 is 0 Å². The molecule has 0 aliphatic carbocycles. The van der Waals surface area contributed by atoms with Crippen molar-refractivity contribution in [3.05, 3.63) is 28.3 Å². The zero-order chi connectivity index (χ0) is 15.0. The fourth-order valence-electron chi connectivity index (χ4n) is 1.56. The Balaban J connectivity index is 2.64. The normalized spacial score (nSPS) is 10.6. The van der Waals surface area contributed by atoms with E-state index in [9.17, 15) is 18.9 Å². The Morgan fingerprint density at radius 1 is 1.45 bits per heavy atom. The third kappa shape index (κ3) is 4.96. The number of halogens is 2. The first-order chi connectivity index (χ1) is 9.56. The molecule has 0 radical (unpaired) electrons. The van der Waals surface area contributed by atoms with Crippen molar-refractivity contribution < 1.29 is 23.2 Å². The van der Waals surface area contributed by atoms with Crippen LogP contribution in [0.25, 0.3) is 0 Å². The predicted molar refractivity (Wildman–Crippen MR) is 69.6 cm³/mol. The van der Waals surface area contributed by atoms with Crippen LogP contribution in [0, 0.1) is 10.1 Å². The standard InChI is InChI=1S/C12H16F2N2O4/c1-2-20-10-5-3-4-9(12(10)16(17)18)15-6-7-19-8-11(13)14/h3-5,11,15H,2,6-8H2,1H3. The van der Waals surface area contributed by atoms with Gasteiger partial charge in [-0.25, -0.2) is 8.78 Å². The van der Waals surface area contributed by atoms with E-state index in [0.29, 0.717) is 6.61 Å². The van der Waals surface area contributed by atoms with Crippen molar-refractivity contribution in [2.75, 3.05) is 31.7 Å². The Morgan fingerprint density at radius 3 is 2.80 bits per heavy atom. The molecule has 0 saturated heterocycles. The first kappa shape index (κ1) is 16.1. The van der Waals surface area contributed by atoms with Gasteiger partial charge in [-0.3, -0.25) is 10.1 Å². The molecule has 0 saturated carbocycles. The van der Waals surface area contributed by atoms with E-state index in [-0.39, 0.29) is 30.3 Å². The van der Waals surface area contributed by atoms with Crippen LogP contribution in [-0.2, 0) is 4.74 Å². The van der Waals surface area contributed by atoms with E-state index in [4.69, 9.17) is 4.74 Å². The number of nitrogens with one attached hydrogen (secondary N) is 1. The Kier molecular flexibility index (Phi) is 6.65. The summed E-state index contributed by atoms with van der Waals surface area (Å²) >= 11 is 0. The Bertz CT molecular complexity index is 443. The van der Waals surface area contributed by atoms with Crippen LogP contribution >= 0.6 is 0 Å². The minimum absolute atomic E-state index is 0.0281. The summed E-state index contributed by atoms with van der Waals surface area (Å²) in [6.45, 7) is 1.59. The van der Waals surface area contributed by atoms with Crippen molar-refractivity contribution in [2.45, 2.75) is 13.3 Å². The molecule has 0 amide bonds. The summed E-state index contributed by atoms with van der Waals surface area (Å²) in [6, 6.07) is 4.63. The maximum Gasteiger partial charge on any atom is 0.333 e. The second-order valence-corrected chi connectivity index (χ2v) is 3.74. The van der Waals surface area contributed by atoms with Crippen molar-refractivity contribution >= 4 is 11.4 Å².